The van der Waals surface area contributed by atoms with Gasteiger partial charge in [0.2, 0.25) is 0 Å². The van der Waals surface area contributed by atoms with E-state index in [4.69, 9.17) is 29.4 Å². The number of hydrogen-bond acceptors (Lipinski definition) is 0. The van der Waals surface area contributed by atoms with Gasteiger partial charge in [-0.05, 0) is 0 Å². The molecule has 0 N–H and O–H groups in total. The molecule has 23 heavy (non-hydrogen) atoms. The van der Waals surface area contributed by atoms with Crippen LogP contribution in [0.4, 0.5) is 0 Å². The molecule has 0 atom stereocenters. The molecule has 0 aliphatic heterocycles. The van der Waals surface area contributed by atoms with Crippen molar-refractivity contribution >= 4 is 54.9 Å². The van der Waals surface area contributed by atoms with Crippen LogP contribution in [0.5, 0.6) is 0 Å². The van der Waals surface area contributed by atoms with Crippen molar-refractivity contribution in [1.82, 2.24) is 0 Å². The van der Waals surface area contributed by atoms with Crippen molar-refractivity contribution in [2.24, 2.45) is 0 Å². The van der Waals surface area contributed by atoms with E-state index in [1.165, 1.54) is 13.2 Å². The van der Waals surface area contributed by atoms with Gasteiger partial charge < -0.3 is 0 Å². The van der Waals surface area contributed by atoms with Crippen LogP contribution in [0.2, 0.25) is 0 Å². The van der Waals surface area contributed by atoms with Crippen LogP contribution in [-0.4, -0.2) is 12.3 Å². The van der Waals surface area contributed by atoms with Crippen LogP contribution in [0, 0.1) is 0 Å². The van der Waals surface area contributed by atoms with Crippen LogP contribution in [-0.2, 0) is 15.1 Å². The van der Waals surface area contributed by atoms with Crippen LogP contribution in [0.25, 0.3) is 0 Å². The van der Waals surface area contributed by atoms with Gasteiger partial charge in [0.05, 0.1) is 0 Å². The van der Waals surface area contributed by atoms with Crippen molar-refractivity contribution in [3.05, 3.63) is 91.0 Å². The second-order valence-electron chi connectivity index (χ2n) is 4.86. The number of rotatable bonds is 3. The maximum atomic E-state index is 7.30. The standard InChI is InChI=1S/C18H15ClGe.2ClH.Zn/c19-20(16-10-4-1-5-11-16,17-12-6-2-7-13-17)18-14-8-3-9-15-18;;;/h1-15H;2*1H;/q;;;+2/p-2. The van der Waals surface area contributed by atoms with Crippen LogP contribution < -0.4 is 13.2 Å². The van der Waals surface area contributed by atoms with Gasteiger partial charge in [0.25, 0.3) is 0 Å². The SMILES string of the molecule is [Cl][Ge]([c]1ccccc1)([c]1ccccc1)[c]1ccccc1.[Cl][Zn][Cl]. The second kappa shape index (κ2) is 9.86. The summed E-state index contributed by atoms with van der Waals surface area (Å²) in [5, 5.41) is 0. The topological polar surface area (TPSA) is 0 Å². The molecule has 0 aliphatic rings. The summed E-state index contributed by atoms with van der Waals surface area (Å²) in [5.41, 5.74) is 0. The third-order valence-electron chi connectivity index (χ3n) is 3.51. The molecule has 0 saturated carbocycles. The Morgan fingerprint density at radius 1 is 0.522 bits per heavy atom. The molecule has 3 aromatic rings. The molecule has 0 radical (unpaired) electrons. The molecule has 114 valence electrons. The van der Waals surface area contributed by atoms with E-state index in [1.54, 1.807) is 0 Å². The zero-order chi connectivity index (χ0) is 16.5. The summed E-state index contributed by atoms with van der Waals surface area (Å²) in [6.45, 7) is 0. The molecule has 0 bridgehead atoms. The van der Waals surface area contributed by atoms with E-state index in [2.05, 4.69) is 72.8 Å². The summed E-state index contributed by atoms with van der Waals surface area (Å²) in [6.07, 6.45) is 0. The third-order valence-corrected chi connectivity index (χ3v) is 14.0. The van der Waals surface area contributed by atoms with Crippen molar-refractivity contribution in [1.29, 1.82) is 0 Å². The first-order valence-corrected chi connectivity index (χ1v) is 20.9. The minimum atomic E-state index is -3.02. The fraction of sp³-hybridized carbons (Fsp3) is 0. The zero-order valence-electron chi connectivity index (χ0n) is 12.5. The first kappa shape index (κ1) is 19.0. The summed E-state index contributed by atoms with van der Waals surface area (Å²) in [5.74, 6) is 0. The summed E-state index contributed by atoms with van der Waals surface area (Å²) in [6, 6.07) is 31.5. The Kier molecular flexibility index (Phi) is 8.16. The molecular formula is C18H15Cl3GeZn. The number of hydrogen-bond donors (Lipinski definition) is 0. The normalized spacial score (nSPS) is 10.2. The summed E-state index contributed by atoms with van der Waals surface area (Å²) < 4.78 is 3.81. The summed E-state index contributed by atoms with van der Waals surface area (Å²) in [7, 11) is 17.2. The Hall–Kier alpha value is -0.304. The summed E-state index contributed by atoms with van der Waals surface area (Å²) >= 11 is -3.95. The van der Waals surface area contributed by atoms with E-state index in [9.17, 15) is 0 Å². The molecule has 0 unspecified atom stereocenters. The van der Waals surface area contributed by atoms with Crippen LogP contribution in [0.3, 0.4) is 0 Å². The Balaban J connectivity index is 0.000000595. The average Bonchev–Trinajstić information content (AvgIpc) is 2.64. The Morgan fingerprint density at radius 2 is 0.739 bits per heavy atom. The summed E-state index contributed by atoms with van der Waals surface area (Å²) in [4.78, 5) is 0. The molecule has 0 spiro atoms. The number of halogens is 3. The third kappa shape index (κ3) is 4.84. The van der Waals surface area contributed by atoms with E-state index in [-0.39, 0.29) is 0 Å². The van der Waals surface area contributed by atoms with E-state index < -0.39 is 27.5 Å². The Bertz CT molecular complexity index is 597. The van der Waals surface area contributed by atoms with Crippen LogP contribution in [0.1, 0.15) is 0 Å². The van der Waals surface area contributed by atoms with E-state index in [0.29, 0.717) is 0 Å². The van der Waals surface area contributed by atoms with Gasteiger partial charge in [-0.15, -0.1) is 0 Å². The van der Waals surface area contributed by atoms with Gasteiger partial charge in [-0.2, -0.15) is 0 Å². The van der Waals surface area contributed by atoms with E-state index in [0.717, 1.165) is 0 Å². The fourth-order valence-corrected chi connectivity index (χ4v) is 10.7. The van der Waals surface area contributed by atoms with Gasteiger partial charge >= 0.3 is 161 Å². The minimum absolute atomic E-state index is 0.931. The van der Waals surface area contributed by atoms with Crippen molar-refractivity contribution in [3.8, 4) is 0 Å². The maximum absolute atomic E-state index is 7.30. The van der Waals surface area contributed by atoms with Gasteiger partial charge in [-0.25, -0.2) is 0 Å². The van der Waals surface area contributed by atoms with E-state index >= 15 is 0 Å². The molecule has 0 aromatic heterocycles. The van der Waals surface area contributed by atoms with Gasteiger partial charge in [0.15, 0.2) is 0 Å². The van der Waals surface area contributed by atoms with Crippen molar-refractivity contribution in [3.63, 3.8) is 0 Å². The van der Waals surface area contributed by atoms with Crippen molar-refractivity contribution < 1.29 is 15.1 Å². The molecular weight excluding hydrogens is 461 g/mol. The van der Waals surface area contributed by atoms with Gasteiger partial charge in [0, 0.05) is 0 Å². The molecule has 0 fully saturated rings. The predicted octanol–water partition coefficient (Wildman–Crippen LogP) is 4.27. The second-order valence-corrected chi connectivity index (χ2v) is 18.8. The molecule has 3 rings (SSSR count). The first-order chi connectivity index (χ1) is 11.2. The van der Waals surface area contributed by atoms with Gasteiger partial charge in [0.1, 0.15) is 0 Å². The Labute approximate surface area is 160 Å². The predicted molar refractivity (Wildman–Crippen MR) is 102 cm³/mol. The molecule has 0 aliphatic carbocycles. The molecule has 5 heteroatoms. The molecule has 0 saturated heterocycles. The quantitative estimate of drug-likeness (QED) is 0.497. The van der Waals surface area contributed by atoms with Crippen LogP contribution >= 0.6 is 29.4 Å². The molecule has 3 aromatic carbocycles. The van der Waals surface area contributed by atoms with E-state index in [1.807, 2.05) is 18.2 Å². The zero-order valence-corrected chi connectivity index (χ0v) is 19.8. The Morgan fingerprint density at radius 3 is 0.957 bits per heavy atom. The molecule has 0 amide bonds. The molecule has 0 nitrogen and oxygen atoms in total. The van der Waals surface area contributed by atoms with Crippen molar-refractivity contribution in [2.45, 2.75) is 0 Å². The fourth-order valence-electron chi connectivity index (χ4n) is 2.50. The monoisotopic (exact) mass is 474 g/mol. The van der Waals surface area contributed by atoms with Gasteiger partial charge in [-0.1, -0.05) is 0 Å². The number of benzene rings is 3. The van der Waals surface area contributed by atoms with Gasteiger partial charge in [-0.3, -0.25) is 0 Å². The molecule has 0 heterocycles. The first-order valence-electron chi connectivity index (χ1n) is 7.21. The van der Waals surface area contributed by atoms with Crippen LogP contribution in [0.15, 0.2) is 91.0 Å². The van der Waals surface area contributed by atoms with Crippen molar-refractivity contribution in [2.75, 3.05) is 0 Å². The average molecular weight is 476 g/mol.